The van der Waals surface area contributed by atoms with E-state index in [0.29, 0.717) is 16.2 Å². The van der Waals surface area contributed by atoms with Crippen LogP contribution in [0.15, 0.2) is 0 Å². The van der Waals surface area contributed by atoms with Crippen molar-refractivity contribution in [2.45, 2.75) is 157 Å². The fourth-order valence-corrected chi connectivity index (χ4v) is 9.89. The highest BCUT2D eigenvalue weighted by Crippen LogP contribution is 2.72. The van der Waals surface area contributed by atoms with Crippen molar-refractivity contribution in [3.63, 3.8) is 0 Å². The van der Waals surface area contributed by atoms with E-state index >= 15 is 0 Å². The monoisotopic (exact) mass is 491 g/mol. The van der Waals surface area contributed by atoms with Crippen molar-refractivity contribution < 1.29 is 0 Å². The fraction of sp³-hybridized carbons (Fsp3) is 1.00. The van der Waals surface area contributed by atoms with Crippen molar-refractivity contribution in [2.75, 3.05) is 0 Å². The van der Waals surface area contributed by atoms with Crippen LogP contribution >= 0.6 is 0 Å². The predicted molar refractivity (Wildman–Crippen MR) is 161 cm³/mol. The SMILES string of the molecule is CC(C)[C@H](C)C1C(C)C1(CCCC(C(C)(C)C)(C(C)(C)C)C(C)(C)C)C(C)CC(C)(C)C(C)(C)C. The quantitative estimate of drug-likeness (QED) is 0.301. The van der Waals surface area contributed by atoms with Crippen LogP contribution in [0.25, 0.3) is 0 Å². The zero-order chi connectivity index (χ0) is 28.2. The number of rotatable bonds is 9. The first kappa shape index (κ1) is 33.0. The molecule has 0 aromatic carbocycles. The molecule has 0 N–H and O–H groups in total. The number of hydrogen-bond donors (Lipinski definition) is 0. The largest absolute Gasteiger partial charge is 0.0625 e. The highest BCUT2D eigenvalue weighted by atomic mass is 14.7. The molecular weight excluding hydrogens is 420 g/mol. The Morgan fingerprint density at radius 1 is 0.629 bits per heavy atom. The molecule has 1 fully saturated rings. The van der Waals surface area contributed by atoms with Crippen LogP contribution in [0.4, 0.5) is 0 Å². The molecule has 5 atom stereocenters. The minimum atomic E-state index is 0.260. The van der Waals surface area contributed by atoms with E-state index in [0.717, 1.165) is 29.6 Å². The Bertz CT molecular complexity index is 641. The fourth-order valence-electron chi connectivity index (χ4n) is 9.89. The van der Waals surface area contributed by atoms with Crippen molar-refractivity contribution in [1.29, 1.82) is 0 Å². The minimum absolute atomic E-state index is 0.260. The van der Waals surface area contributed by atoms with Crippen molar-refractivity contribution >= 4 is 0 Å². The van der Waals surface area contributed by atoms with Gasteiger partial charge in [0, 0.05) is 0 Å². The van der Waals surface area contributed by atoms with Crippen molar-refractivity contribution in [3.05, 3.63) is 0 Å². The summed E-state index contributed by atoms with van der Waals surface area (Å²) in [6.45, 7) is 47.7. The Balaban J connectivity index is 3.40. The summed E-state index contributed by atoms with van der Waals surface area (Å²) in [4.78, 5) is 0. The summed E-state index contributed by atoms with van der Waals surface area (Å²) < 4.78 is 0. The normalized spacial score (nSPS) is 26.7. The van der Waals surface area contributed by atoms with E-state index in [2.05, 4.69) is 132 Å². The summed E-state index contributed by atoms with van der Waals surface area (Å²) in [7, 11) is 0. The van der Waals surface area contributed by atoms with Gasteiger partial charge in [-0.3, -0.25) is 0 Å². The van der Waals surface area contributed by atoms with E-state index in [1.54, 1.807) is 0 Å². The third-order valence-corrected chi connectivity index (χ3v) is 12.3. The Morgan fingerprint density at radius 3 is 1.34 bits per heavy atom. The van der Waals surface area contributed by atoms with Gasteiger partial charge >= 0.3 is 0 Å². The Hall–Kier alpha value is 0. The summed E-state index contributed by atoms with van der Waals surface area (Å²) >= 11 is 0. The van der Waals surface area contributed by atoms with E-state index in [9.17, 15) is 0 Å². The van der Waals surface area contributed by atoms with Crippen LogP contribution in [0.1, 0.15) is 157 Å². The van der Waals surface area contributed by atoms with Crippen LogP contribution in [0.2, 0.25) is 0 Å². The lowest BCUT2D eigenvalue weighted by Crippen LogP contribution is -2.54. The van der Waals surface area contributed by atoms with E-state index in [1.807, 2.05) is 0 Å². The van der Waals surface area contributed by atoms with Crippen molar-refractivity contribution in [1.82, 2.24) is 0 Å². The average Bonchev–Trinajstić information content (AvgIpc) is 3.17. The first-order valence-corrected chi connectivity index (χ1v) is 15.2. The van der Waals surface area contributed by atoms with E-state index in [1.165, 1.54) is 25.7 Å². The molecule has 0 aromatic heterocycles. The number of hydrogen-bond acceptors (Lipinski definition) is 0. The summed E-state index contributed by atoms with van der Waals surface area (Å²) in [5.41, 5.74) is 2.24. The van der Waals surface area contributed by atoms with Crippen LogP contribution in [-0.4, -0.2) is 0 Å². The molecule has 0 radical (unpaired) electrons. The van der Waals surface area contributed by atoms with E-state index in [4.69, 9.17) is 0 Å². The first-order valence-electron chi connectivity index (χ1n) is 15.2. The molecule has 0 nitrogen and oxygen atoms in total. The molecule has 210 valence electrons. The smallest absolute Gasteiger partial charge is 0.0152 e. The van der Waals surface area contributed by atoms with Gasteiger partial charge in [-0.25, -0.2) is 0 Å². The zero-order valence-electron chi connectivity index (χ0n) is 28.2. The lowest BCUT2D eigenvalue weighted by molar-refractivity contribution is -0.131. The lowest BCUT2D eigenvalue weighted by Gasteiger charge is -2.62. The average molecular weight is 491 g/mol. The molecule has 0 saturated heterocycles. The highest BCUT2D eigenvalue weighted by Gasteiger charge is 2.66. The molecule has 1 aliphatic carbocycles. The molecular formula is C35H70. The molecule has 0 heterocycles. The standard InChI is InChI=1S/C35H70/c1-24(2)26(4)28-27(5)34(28,25(3)23-33(18,19)29(6,7)8)21-20-22-35(30(9,10)11,31(12,13)14)32(15,16)17/h24-28H,20-23H2,1-19H3/t25?,26-,27?,28?,34?/m0/s1. The molecule has 1 saturated carbocycles. The van der Waals surface area contributed by atoms with Crippen LogP contribution in [0.3, 0.4) is 0 Å². The van der Waals surface area contributed by atoms with Gasteiger partial charge in [-0.1, -0.05) is 138 Å². The van der Waals surface area contributed by atoms with E-state index in [-0.39, 0.29) is 21.7 Å². The molecule has 1 rings (SSSR count). The summed E-state index contributed by atoms with van der Waals surface area (Å²) in [6, 6.07) is 0. The second kappa shape index (κ2) is 9.95. The third kappa shape index (κ3) is 5.87. The Labute approximate surface area is 224 Å². The van der Waals surface area contributed by atoms with Gasteiger partial charge in [-0.15, -0.1) is 0 Å². The highest BCUT2D eigenvalue weighted by molar-refractivity contribution is 5.14. The summed E-state index contributed by atoms with van der Waals surface area (Å²) in [5.74, 6) is 4.07. The third-order valence-electron chi connectivity index (χ3n) is 12.3. The molecule has 4 unspecified atom stereocenters. The van der Waals surface area contributed by atoms with Crippen LogP contribution in [0.5, 0.6) is 0 Å². The molecule has 1 aliphatic rings. The van der Waals surface area contributed by atoms with Gasteiger partial charge < -0.3 is 0 Å². The molecule has 0 bridgehead atoms. The lowest BCUT2D eigenvalue weighted by atomic mass is 9.43. The maximum absolute atomic E-state index is 2.63. The van der Waals surface area contributed by atoms with Gasteiger partial charge in [0.15, 0.2) is 0 Å². The molecule has 0 amide bonds. The summed E-state index contributed by atoms with van der Waals surface area (Å²) in [5, 5.41) is 0. The topological polar surface area (TPSA) is 0 Å². The van der Waals surface area contributed by atoms with Gasteiger partial charge in [0.05, 0.1) is 0 Å². The molecule has 0 aromatic rings. The minimum Gasteiger partial charge on any atom is -0.0625 e. The Morgan fingerprint density at radius 2 is 1.03 bits per heavy atom. The maximum atomic E-state index is 2.63. The zero-order valence-corrected chi connectivity index (χ0v) is 28.2. The van der Waals surface area contributed by atoms with Gasteiger partial charge in [0.25, 0.3) is 0 Å². The van der Waals surface area contributed by atoms with Crippen molar-refractivity contribution in [2.24, 2.45) is 67.5 Å². The summed E-state index contributed by atoms with van der Waals surface area (Å²) in [6.07, 6.45) is 5.43. The molecule has 0 spiro atoms. The maximum Gasteiger partial charge on any atom is -0.0152 e. The molecule has 0 aliphatic heterocycles. The van der Waals surface area contributed by atoms with E-state index < -0.39 is 0 Å². The van der Waals surface area contributed by atoms with Crippen LogP contribution in [-0.2, 0) is 0 Å². The van der Waals surface area contributed by atoms with Gasteiger partial charge in [-0.05, 0) is 86.8 Å². The molecule has 35 heavy (non-hydrogen) atoms. The predicted octanol–water partition coefficient (Wildman–Crippen LogP) is 11.9. The van der Waals surface area contributed by atoms with Crippen LogP contribution in [0, 0.1) is 67.5 Å². The van der Waals surface area contributed by atoms with Crippen molar-refractivity contribution in [3.8, 4) is 0 Å². The Kier molecular flexibility index (Phi) is 9.39. The second-order valence-electron chi connectivity index (χ2n) is 18.3. The molecule has 0 heteroatoms. The van der Waals surface area contributed by atoms with Gasteiger partial charge in [0.1, 0.15) is 0 Å². The van der Waals surface area contributed by atoms with Crippen LogP contribution < -0.4 is 0 Å². The van der Waals surface area contributed by atoms with Gasteiger partial charge in [0.2, 0.25) is 0 Å². The first-order chi connectivity index (χ1) is 15.2. The second-order valence-corrected chi connectivity index (χ2v) is 18.3. The van der Waals surface area contributed by atoms with Gasteiger partial charge in [-0.2, -0.15) is 0 Å².